The van der Waals surface area contributed by atoms with Crippen LogP contribution >= 0.6 is 0 Å². The number of hydrogen-bond donors (Lipinski definition) is 3. The van der Waals surface area contributed by atoms with Crippen LogP contribution in [0.25, 0.3) is 22.3 Å². The summed E-state index contributed by atoms with van der Waals surface area (Å²) in [7, 11) is 0. The topological polar surface area (TPSA) is 60.7 Å². The minimum Gasteiger partial charge on any atom is -0.507 e. The maximum Gasteiger partial charge on any atom is 0.169 e. The molecule has 0 spiro atoms. The van der Waals surface area contributed by atoms with E-state index in [1.165, 1.54) is 6.07 Å². The van der Waals surface area contributed by atoms with E-state index < -0.39 is 0 Å². The van der Waals surface area contributed by atoms with Gasteiger partial charge < -0.3 is 15.3 Å². The number of rotatable bonds is 2. The molecular formula is C18H14O3. The molecule has 0 amide bonds. The van der Waals surface area contributed by atoms with Gasteiger partial charge in [-0.15, -0.1) is 0 Å². The molecule has 104 valence electrons. The standard InChI is InChI=1S/C18H14O3/c19-15-11-14(12-7-3-1-4-8-12)17(20)18(21)16(15)13-9-5-2-6-10-13/h1-11,19-21H. The van der Waals surface area contributed by atoms with Crippen molar-refractivity contribution in [2.45, 2.75) is 0 Å². The van der Waals surface area contributed by atoms with Crippen molar-refractivity contribution in [1.29, 1.82) is 0 Å². The van der Waals surface area contributed by atoms with E-state index in [9.17, 15) is 15.3 Å². The second-order valence-corrected chi connectivity index (χ2v) is 4.75. The van der Waals surface area contributed by atoms with Gasteiger partial charge in [0.05, 0.1) is 5.56 Å². The van der Waals surface area contributed by atoms with E-state index in [1.807, 2.05) is 24.3 Å². The van der Waals surface area contributed by atoms with E-state index in [-0.39, 0.29) is 22.8 Å². The number of aromatic hydroxyl groups is 3. The highest BCUT2D eigenvalue weighted by atomic mass is 16.3. The predicted molar refractivity (Wildman–Crippen MR) is 82.3 cm³/mol. The maximum atomic E-state index is 10.3. The van der Waals surface area contributed by atoms with Crippen molar-refractivity contribution in [3.63, 3.8) is 0 Å². The molecule has 3 aromatic carbocycles. The second-order valence-electron chi connectivity index (χ2n) is 4.75. The van der Waals surface area contributed by atoms with E-state index in [0.29, 0.717) is 11.1 Å². The molecule has 3 N–H and O–H groups in total. The molecule has 0 heterocycles. The molecule has 21 heavy (non-hydrogen) atoms. The van der Waals surface area contributed by atoms with Crippen molar-refractivity contribution in [3.8, 4) is 39.5 Å². The third-order valence-corrected chi connectivity index (χ3v) is 3.40. The summed E-state index contributed by atoms with van der Waals surface area (Å²) >= 11 is 0. The third kappa shape index (κ3) is 2.30. The summed E-state index contributed by atoms with van der Waals surface area (Å²) in [6, 6.07) is 19.6. The molecule has 3 rings (SSSR count). The first-order chi connectivity index (χ1) is 10.2. The molecule has 0 aromatic heterocycles. The summed E-state index contributed by atoms with van der Waals surface area (Å²) < 4.78 is 0. The Balaban J connectivity index is 2.22. The molecule has 3 aromatic rings. The normalized spacial score (nSPS) is 10.5. The second kappa shape index (κ2) is 5.21. The first-order valence-electron chi connectivity index (χ1n) is 6.57. The summed E-state index contributed by atoms with van der Waals surface area (Å²) in [6.07, 6.45) is 0. The lowest BCUT2D eigenvalue weighted by Gasteiger charge is -2.13. The first kappa shape index (κ1) is 13.1. The van der Waals surface area contributed by atoms with Crippen LogP contribution in [0.15, 0.2) is 66.7 Å². The average Bonchev–Trinajstić information content (AvgIpc) is 2.53. The summed E-state index contributed by atoms with van der Waals surface area (Å²) in [5, 5.41) is 30.8. The average molecular weight is 278 g/mol. The van der Waals surface area contributed by atoms with Crippen molar-refractivity contribution in [1.82, 2.24) is 0 Å². The fourth-order valence-electron chi connectivity index (χ4n) is 2.37. The van der Waals surface area contributed by atoms with Crippen molar-refractivity contribution in [2.75, 3.05) is 0 Å². The molecule has 3 nitrogen and oxygen atoms in total. The lowest BCUT2D eigenvalue weighted by atomic mass is 9.97. The van der Waals surface area contributed by atoms with Crippen LogP contribution in [0.1, 0.15) is 0 Å². The van der Waals surface area contributed by atoms with Crippen LogP contribution in [-0.2, 0) is 0 Å². The van der Waals surface area contributed by atoms with E-state index >= 15 is 0 Å². The van der Waals surface area contributed by atoms with E-state index in [2.05, 4.69) is 0 Å². The Morgan fingerprint density at radius 1 is 0.571 bits per heavy atom. The Bertz CT molecular complexity index is 765. The zero-order valence-electron chi connectivity index (χ0n) is 11.2. The van der Waals surface area contributed by atoms with Gasteiger partial charge in [0.1, 0.15) is 5.75 Å². The van der Waals surface area contributed by atoms with Crippen molar-refractivity contribution >= 4 is 0 Å². The summed E-state index contributed by atoms with van der Waals surface area (Å²) in [6.45, 7) is 0. The van der Waals surface area contributed by atoms with E-state index in [1.54, 1.807) is 36.4 Å². The van der Waals surface area contributed by atoms with Crippen molar-refractivity contribution in [3.05, 3.63) is 66.7 Å². The fraction of sp³-hybridized carbons (Fsp3) is 0. The van der Waals surface area contributed by atoms with Gasteiger partial charge in [-0.05, 0) is 17.2 Å². The minimum atomic E-state index is -0.319. The van der Waals surface area contributed by atoms with Gasteiger partial charge >= 0.3 is 0 Å². The van der Waals surface area contributed by atoms with Gasteiger partial charge in [-0.3, -0.25) is 0 Å². The van der Waals surface area contributed by atoms with Gasteiger partial charge in [0, 0.05) is 5.56 Å². The number of phenols is 3. The summed E-state index contributed by atoms with van der Waals surface area (Å²) in [5.74, 6) is -0.631. The van der Waals surface area contributed by atoms with Gasteiger partial charge in [0.15, 0.2) is 11.5 Å². The zero-order chi connectivity index (χ0) is 14.8. The SMILES string of the molecule is Oc1cc(-c2ccccc2)c(O)c(O)c1-c1ccccc1. The Labute approximate surface area is 122 Å². The lowest BCUT2D eigenvalue weighted by molar-refractivity contribution is 0.400. The smallest absolute Gasteiger partial charge is 0.169 e. The Morgan fingerprint density at radius 2 is 1.10 bits per heavy atom. The van der Waals surface area contributed by atoms with Crippen LogP contribution < -0.4 is 0 Å². The van der Waals surface area contributed by atoms with Gasteiger partial charge in [-0.25, -0.2) is 0 Å². The van der Waals surface area contributed by atoms with Gasteiger partial charge in [0.25, 0.3) is 0 Å². The molecule has 0 atom stereocenters. The molecule has 0 saturated carbocycles. The molecule has 0 saturated heterocycles. The number of hydrogen-bond acceptors (Lipinski definition) is 3. The van der Waals surface area contributed by atoms with Crippen LogP contribution in [0, 0.1) is 0 Å². The van der Waals surface area contributed by atoms with Crippen LogP contribution in [0.5, 0.6) is 17.2 Å². The molecule has 0 unspecified atom stereocenters. The maximum absolute atomic E-state index is 10.3. The molecule has 0 fully saturated rings. The van der Waals surface area contributed by atoms with Gasteiger partial charge in [-0.1, -0.05) is 60.7 Å². The van der Waals surface area contributed by atoms with Crippen LogP contribution in [-0.4, -0.2) is 15.3 Å². The van der Waals surface area contributed by atoms with Gasteiger partial charge in [0.2, 0.25) is 0 Å². The Morgan fingerprint density at radius 3 is 1.67 bits per heavy atom. The Hall–Kier alpha value is -2.94. The molecule has 0 aliphatic rings. The van der Waals surface area contributed by atoms with Crippen LogP contribution in [0.3, 0.4) is 0 Å². The molecule has 0 radical (unpaired) electrons. The number of benzene rings is 3. The minimum absolute atomic E-state index is 0.0737. The highest BCUT2D eigenvalue weighted by molar-refractivity contribution is 5.86. The monoisotopic (exact) mass is 278 g/mol. The largest absolute Gasteiger partial charge is 0.507 e. The highest BCUT2D eigenvalue weighted by Crippen LogP contribution is 2.48. The van der Waals surface area contributed by atoms with Crippen LogP contribution in [0.4, 0.5) is 0 Å². The van der Waals surface area contributed by atoms with E-state index in [4.69, 9.17) is 0 Å². The molecular weight excluding hydrogens is 264 g/mol. The lowest BCUT2D eigenvalue weighted by Crippen LogP contribution is -1.86. The zero-order valence-corrected chi connectivity index (χ0v) is 11.2. The quantitative estimate of drug-likeness (QED) is 0.487. The third-order valence-electron chi connectivity index (χ3n) is 3.40. The highest BCUT2D eigenvalue weighted by Gasteiger charge is 2.18. The Kier molecular flexibility index (Phi) is 3.24. The summed E-state index contributed by atoms with van der Waals surface area (Å²) in [4.78, 5) is 0. The molecule has 3 heteroatoms. The molecule has 0 aliphatic heterocycles. The fourth-order valence-corrected chi connectivity index (χ4v) is 2.37. The van der Waals surface area contributed by atoms with E-state index in [0.717, 1.165) is 5.56 Å². The number of phenolic OH excluding ortho intramolecular Hbond substituents is 3. The summed E-state index contributed by atoms with van der Waals surface area (Å²) in [5.41, 5.74) is 1.99. The molecule has 0 bridgehead atoms. The van der Waals surface area contributed by atoms with Crippen molar-refractivity contribution < 1.29 is 15.3 Å². The van der Waals surface area contributed by atoms with Crippen LogP contribution in [0.2, 0.25) is 0 Å². The first-order valence-corrected chi connectivity index (χ1v) is 6.57. The van der Waals surface area contributed by atoms with Gasteiger partial charge in [-0.2, -0.15) is 0 Å². The predicted octanol–water partition coefficient (Wildman–Crippen LogP) is 4.14. The van der Waals surface area contributed by atoms with Crippen molar-refractivity contribution in [2.24, 2.45) is 0 Å². The molecule has 0 aliphatic carbocycles.